The maximum absolute atomic E-state index is 12.2. The van der Waals surface area contributed by atoms with E-state index in [4.69, 9.17) is 0 Å². The van der Waals surface area contributed by atoms with Gasteiger partial charge in [0.15, 0.2) is 10.9 Å². The topological polar surface area (TPSA) is 93.9 Å². The van der Waals surface area contributed by atoms with Crippen molar-refractivity contribution in [2.45, 2.75) is 26.7 Å². The van der Waals surface area contributed by atoms with E-state index in [0.717, 1.165) is 10.4 Å². The largest absolute Gasteiger partial charge is 0.296 e. The third kappa shape index (κ3) is 3.07. The molecule has 1 aliphatic rings. The van der Waals surface area contributed by atoms with Crippen LogP contribution in [0.5, 0.6) is 0 Å². The van der Waals surface area contributed by atoms with Gasteiger partial charge in [-0.05, 0) is 17.9 Å². The average Bonchev–Trinajstić information content (AvgIpc) is 2.83. The summed E-state index contributed by atoms with van der Waals surface area (Å²) in [7, 11) is 1.47. The zero-order valence-electron chi connectivity index (χ0n) is 13.0. The molecule has 120 valence electrons. The van der Waals surface area contributed by atoms with Crippen LogP contribution in [0.25, 0.3) is 0 Å². The van der Waals surface area contributed by atoms with E-state index in [9.17, 15) is 14.4 Å². The van der Waals surface area contributed by atoms with E-state index in [1.54, 1.807) is 0 Å². The highest BCUT2D eigenvalue weighted by Gasteiger charge is 2.34. The monoisotopic (exact) mass is 332 g/mol. The number of Topliss-reactive ketones (excluding diaryl/α,β-unsaturated/α-hetero) is 1. The summed E-state index contributed by atoms with van der Waals surface area (Å²) in [6.07, 6.45) is 1.19. The Bertz CT molecular complexity index is 866. The fraction of sp³-hybridized carbons (Fsp3) is 0.400. The van der Waals surface area contributed by atoms with Crippen molar-refractivity contribution in [3.8, 4) is 0 Å². The maximum atomic E-state index is 12.2. The Kier molecular flexibility index (Phi) is 3.63. The Labute approximate surface area is 136 Å². The molecule has 0 aromatic carbocycles. The number of aromatic nitrogens is 3. The van der Waals surface area contributed by atoms with Gasteiger partial charge in [0.2, 0.25) is 0 Å². The first kappa shape index (κ1) is 15.5. The normalized spacial score (nSPS) is 16.0. The number of fused-ring (bicyclic) bond motifs is 1. The molecule has 0 saturated carbocycles. The summed E-state index contributed by atoms with van der Waals surface area (Å²) in [6, 6.07) is 2.64. The second kappa shape index (κ2) is 5.38. The highest BCUT2D eigenvalue weighted by molar-refractivity contribution is 7.17. The molecule has 0 spiro atoms. The predicted molar refractivity (Wildman–Crippen MR) is 86.0 cm³/mol. The lowest BCUT2D eigenvalue weighted by atomic mass is 9.78. The van der Waals surface area contributed by atoms with Crippen molar-refractivity contribution >= 4 is 28.2 Å². The lowest BCUT2D eigenvalue weighted by Crippen LogP contribution is -2.26. The quantitative estimate of drug-likeness (QED) is 0.902. The van der Waals surface area contributed by atoms with E-state index in [2.05, 4.69) is 15.4 Å². The lowest BCUT2D eigenvalue weighted by molar-refractivity contribution is 0.0915. The van der Waals surface area contributed by atoms with Gasteiger partial charge in [0, 0.05) is 19.5 Å². The van der Waals surface area contributed by atoms with Gasteiger partial charge in [0.05, 0.1) is 10.6 Å². The number of hydrogen-bond donors (Lipinski definition) is 1. The van der Waals surface area contributed by atoms with Crippen LogP contribution in [-0.2, 0) is 13.5 Å². The average molecular weight is 332 g/mol. The van der Waals surface area contributed by atoms with E-state index in [0.29, 0.717) is 22.9 Å². The van der Waals surface area contributed by atoms with Crippen LogP contribution in [0.2, 0.25) is 0 Å². The van der Waals surface area contributed by atoms with Gasteiger partial charge in [-0.1, -0.05) is 25.2 Å². The summed E-state index contributed by atoms with van der Waals surface area (Å²) in [5, 5.41) is 6.92. The van der Waals surface area contributed by atoms with E-state index in [1.165, 1.54) is 30.5 Å². The van der Waals surface area contributed by atoms with Crippen LogP contribution in [0.1, 0.15) is 46.1 Å². The Morgan fingerprint density at radius 3 is 2.74 bits per heavy atom. The molecule has 0 fully saturated rings. The minimum absolute atomic E-state index is 0.0643. The molecular formula is C15H16N4O3S. The number of ketones is 1. The first-order valence-corrected chi connectivity index (χ1v) is 7.95. The zero-order chi connectivity index (χ0) is 16.8. The molecule has 0 radical (unpaired) electrons. The summed E-state index contributed by atoms with van der Waals surface area (Å²) in [6.45, 7) is 4.06. The Balaban J connectivity index is 1.84. The number of carbonyl (C=O) groups excluding carboxylic acids is 2. The molecule has 1 N–H and O–H groups in total. The molecular weight excluding hydrogens is 316 g/mol. The molecule has 0 atom stereocenters. The Morgan fingerprint density at radius 1 is 1.30 bits per heavy atom. The van der Waals surface area contributed by atoms with Gasteiger partial charge in [0.1, 0.15) is 5.69 Å². The van der Waals surface area contributed by atoms with Crippen molar-refractivity contribution < 1.29 is 9.59 Å². The summed E-state index contributed by atoms with van der Waals surface area (Å²) in [5.74, 6) is -0.395. The number of carbonyl (C=O) groups is 2. The van der Waals surface area contributed by atoms with Crippen LogP contribution < -0.4 is 10.9 Å². The third-order valence-electron chi connectivity index (χ3n) is 3.65. The predicted octanol–water partition coefficient (Wildman–Crippen LogP) is 1.64. The minimum atomic E-state index is -0.460. The number of aryl methyl sites for hydroxylation is 1. The highest BCUT2D eigenvalue weighted by Crippen LogP contribution is 2.38. The summed E-state index contributed by atoms with van der Waals surface area (Å²) in [4.78, 5) is 40.6. The molecule has 0 saturated heterocycles. The molecule has 2 heterocycles. The molecule has 0 bridgehead atoms. The van der Waals surface area contributed by atoms with Crippen molar-refractivity contribution in [2.75, 3.05) is 5.32 Å². The van der Waals surface area contributed by atoms with E-state index in [1.807, 2.05) is 13.8 Å². The molecule has 8 heteroatoms. The molecule has 2 aromatic rings. The van der Waals surface area contributed by atoms with Crippen LogP contribution in [0.15, 0.2) is 16.9 Å². The third-order valence-corrected chi connectivity index (χ3v) is 4.70. The number of nitrogens with zero attached hydrogens (tertiary/aromatic N) is 3. The fourth-order valence-electron chi connectivity index (χ4n) is 2.56. The molecule has 0 aliphatic heterocycles. The smallest absolute Gasteiger partial charge is 0.277 e. The van der Waals surface area contributed by atoms with Crippen molar-refractivity contribution in [3.63, 3.8) is 0 Å². The van der Waals surface area contributed by atoms with Crippen molar-refractivity contribution in [2.24, 2.45) is 12.5 Å². The lowest BCUT2D eigenvalue weighted by Gasteiger charge is -2.26. The molecule has 23 heavy (non-hydrogen) atoms. The molecule has 1 amide bonds. The standard InChI is InChI=1S/C15H16N4O3S/c1-15(2)6-9-12(10(20)7-15)23-14(16-9)17-13(22)8-4-5-11(21)19(3)18-8/h4-5H,6-7H2,1-3H3,(H,16,17,22). The number of anilines is 1. The van der Waals surface area contributed by atoms with Crippen LogP contribution in [0.3, 0.4) is 0 Å². The second-order valence-electron chi connectivity index (χ2n) is 6.37. The number of hydrogen-bond acceptors (Lipinski definition) is 6. The van der Waals surface area contributed by atoms with Crippen molar-refractivity contribution in [1.29, 1.82) is 0 Å². The van der Waals surface area contributed by atoms with Crippen LogP contribution in [-0.4, -0.2) is 26.5 Å². The molecule has 0 unspecified atom stereocenters. The van der Waals surface area contributed by atoms with Gasteiger partial charge in [-0.3, -0.25) is 19.7 Å². The van der Waals surface area contributed by atoms with E-state index < -0.39 is 5.91 Å². The SMILES string of the molecule is Cn1nc(C(=O)Nc2nc3c(s2)C(=O)CC(C)(C)C3)ccc1=O. The fourth-order valence-corrected chi connectivity index (χ4v) is 3.47. The Morgan fingerprint density at radius 2 is 2.04 bits per heavy atom. The number of nitrogens with one attached hydrogen (secondary N) is 1. The van der Waals surface area contributed by atoms with Gasteiger partial charge >= 0.3 is 0 Å². The highest BCUT2D eigenvalue weighted by atomic mass is 32.1. The van der Waals surface area contributed by atoms with Crippen molar-refractivity contribution in [1.82, 2.24) is 14.8 Å². The van der Waals surface area contributed by atoms with Crippen molar-refractivity contribution in [3.05, 3.63) is 38.8 Å². The number of rotatable bonds is 2. The number of thiazole rings is 1. The Hall–Kier alpha value is -2.35. The minimum Gasteiger partial charge on any atom is -0.296 e. The van der Waals surface area contributed by atoms with E-state index >= 15 is 0 Å². The molecule has 1 aliphatic carbocycles. The second-order valence-corrected chi connectivity index (χ2v) is 7.37. The first-order valence-electron chi connectivity index (χ1n) is 7.14. The summed E-state index contributed by atoms with van der Waals surface area (Å²) >= 11 is 1.19. The summed E-state index contributed by atoms with van der Waals surface area (Å²) in [5.41, 5.74) is 0.449. The maximum Gasteiger partial charge on any atom is 0.277 e. The molecule has 2 aromatic heterocycles. The van der Waals surface area contributed by atoms with Gasteiger partial charge in [0.25, 0.3) is 11.5 Å². The van der Waals surface area contributed by atoms with Gasteiger partial charge in [-0.2, -0.15) is 5.10 Å². The van der Waals surface area contributed by atoms with E-state index in [-0.39, 0.29) is 22.5 Å². The van der Waals surface area contributed by atoms with Gasteiger partial charge < -0.3 is 0 Å². The summed E-state index contributed by atoms with van der Waals surface area (Å²) < 4.78 is 1.09. The van der Waals surface area contributed by atoms with Crippen LogP contribution >= 0.6 is 11.3 Å². The van der Waals surface area contributed by atoms with Crippen LogP contribution in [0, 0.1) is 5.41 Å². The van der Waals surface area contributed by atoms with Gasteiger partial charge in [-0.15, -0.1) is 0 Å². The number of amides is 1. The first-order chi connectivity index (χ1) is 10.7. The van der Waals surface area contributed by atoms with Crippen LogP contribution in [0.4, 0.5) is 5.13 Å². The van der Waals surface area contributed by atoms with Gasteiger partial charge in [-0.25, -0.2) is 9.67 Å². The zero-order valence-corrected chi connectivity index (χ0v) is 13.9. The molecule has 7 nitrogen and oxygen atoms in total. The molecule has 3 rings (SSSR count).